The predicted molar refractivity (Wildman–Crippen MR) is 45.0 cm³/mol. The monoisotopic (exact) mass is 166 g/mol. The minimum atomic E-state index is 0.0278. The summed E-state index contributed by atoms with van der Waals surface area (Å²) in [4.78, 5) is 19.1. The zero-order chi connectivity index (χ0) is 7.84. The molecule has 11 heavy (non-hydrogen) atoms. The van der Waals surface area contributed by atoms with Crippen molar-refractivity contribution in [1.82, 2.24) is 9.97 Å². The summed E-state index contributed by atoms with van der Waals surface area (Å²) in [6, 6.07) is 0. The number of fused-ring (bicyclic) bond motifs is 1. The summed E-state index contributed by atoms with van der Waals surface area (Å²) in [6.07, 6.45) is 1.71. The van der Waals surface area contributed by atoms with Crippen LogP contribution in [0.2, 0.25) is 0 Å². The normalized spacial score (nSPS) is 10.6. The summed E-state index contributed by atoms with van der Waals surface area (Å²) in [5.74, 6) is 0. The average molecular weight is 166 g/mol. The molecule has 0 aromatic carbocycles. The Balaban J connectivity index is 3.05. The summed E-state index contributed by atoms with van der Waals surface area (Å²) < 4.78 is 0. The van der Waals surface area contributed by atoms with Gasteiger partial charge in [0.05, 0.1) is 5.51 Å². The van der Waals surface area contributed by atoms with Crippen LogP contribution in [0.3, 0.4) is 0 Å². The lowest BCUT2D eigenvalue weighted by atomic mass is 10.3. The number of nitrogens with one attached hydrogen (secondary N) is 1. The number of hydrogen-bond donors (Lipinski definition) is 1. The van der Waals surface area contributed by atoms with E-state index in [4.69, 9.17) is 0 Å². The number of H-pyrrole nitrogens is 1. The third kappa shape index (κ3) is 0.867. The van der Waals surface area contributed by atoms with Gasteiger partial charge in [0.15, 0.2) is 0 Å². The lowest BCUT2D eigenvalue weighted by Gasteiger charge is -1.89. The van der Waals surface area contributed by atoms with E-state index in [0.717, 1.165) is 4.83 Å². The molecule has 2 heterocycles. The fourth-order valence-corrected chi connectivity index (χ4v) is 1.58. The van der Waals surface area contributed by atoms with Gasteiger partial charge in [-0.3, -0.25) is 4.79 Å². The second-order valence-corrected chi connectivity index (χ2v) is 3.19. The molecule has 2 aromatic rings. The Morgan fingerprint density at radius 3 is 3.27 bits per heavy atom. The quantitative estimate of drug-likeness (QED) is 0.641. The topological polar surface area (TPSA) is 45.8 Å². The highest BCUT2D eigenvalue weighted by atomic mass is 32.1. The van der Waals surface area contributed by atoms with Gasteiger partial charge in [-0.05, 0) is 6.92 Å². The number of pyridine rings is 1. The molecular formula is C7H6N2OS. The van der Waals surface area contributed by atoms with Gasteiger partial charge in [-0.15, -0.1) is 11.3 Å². The molecule has 0 aliphatic carbocycles. The van der Waals surface area contributed by atoms with E-state index in [2.05, 4.69) is 9.97 Å². The molecule has 0 spiro atoms. The van der Waals surface area contributed by atoms with Gasteiger partial charge in [0.2, 0.25) is 5.43 Å². The maximum absolute atomic E-state index is 11.3. The van der Waals surface area contributed by atoms with Crippen molar-refractivity contribution in [2.45, 2.75) is 6.92 Å². The molecule has 3 nitrogen and oxygen atoms in total. The number of aromatic nitrogens is 2. The first-order valence-corrected chi connectivity index (χ1v) is 4.08. The van der Waals surface area contributed by atoms with E-state index < -0.39 is 0 Å². The van der Waals surface area contributed by atoms with Crippen molar-refractivity contribution in [3.63, 3.8) is 0 Å². The zero-order valence-electron chi connectivity index (χ0n) is 5.92. The summed E-state index contributed by atoms with van der Waals surface area (Å²) >= 11 is 1.44. The summed E-state index contributed by atoms with van der Waals surface area (Å²) in [5, 5.41) is 0. The smallest absolute Gasteiger partial charge is 0.211 e. The molecule has 0 amide bonds. The molecule has 0 saturated heterocycles. The second-order valence-electron chi connectivity index (χ2n) is 2.33. The van der Waals surface area contributed by atoms with Crippen LogP contribution in [0.5, 0.6) is 0 Å². The molecular weight excluding hydrogens is 160 g/mol. The molecule has 2 aromatic heterocycles. The lowest BCUT2D eigenvalue weighted by molar-refractivity contribution is 1.29. The van der Waals surface area contributed by atoms with E-state index >= 15 is 0 Å². The first-order chi connectivity index (χ1) is 5.29. The fourth-order valence-electron chi connectivity index (χ4n) is 0.936. The largest absolute Gasteiger partial charge is 0.351 e. The van der Waals surface area contributed by atoms with Gasteiger partial charge in [0, 0.05) is 11.8 Å². The minimum absolute atomic E-state index is 0.0278. The van der Waals surface area contributed by atoms with Crippen molar-refractivity contribution < 1.29 is 0 Å². The Labute approximate surface area is 66.7 Å². The van der Waals surface area contributed by atoms with E-state index in [1.54, 1.807) is 18.6 Å². The van der Waals surface area contributed by atoms with Crippen molar-refractivity contribution >= 4 is 21.7 Å². The van der Waals surface area contributed by atoms with Crippen LogP contribution in [0, 0.1) is 6.92 Å². The van der Waals surface area contributed by atoms with Crippen molar-refractivity contribution in [2.24, 2.45) is 0 Å². The first-order valence-electron chi connectivity index (χ1n) is 3.20. The molecule has 0 fully saturated rings. The van der Waals surface area contributed by atoms with Gasteiger partial charge in [-0.2, -0.15) is 0 Å². The van der Waals surface area contributed by atoms with Crippen LogP contribution < -0.4 is 5.43 Å². The van der Waals surface area contributed by atoms with Gasteiger partial charge in [-0.25, -0.2) is 4.98 Å². The standard InChI is InChI=1S/C7H6N2OS/c1-4-2-8-7-5(6(4)10)9-3-11-7/h2-3H,1H3,(H,8,10). The van der Waals surface area contributed by atoms with E-state index in [1.165, 1.54) is 11.3 Å². The molecule has 0 saturated carbocycles. The highest BCUT2D eigenvalue weighted by molar-refractivity contribution is 7.16. The molecule has 4 heteroatoms. The molecule has 2 rings (SSSR count). The van der Waals surface area contributed by atoms with Gasteiger partial charge in [0.25, 0.3) is 0 Å². The van der Waals surface area contributed by atoms with Crippen LogP contribution in [-0.2, 0) is 0 Å². The van der Waals surface area contributed by atoms with Crippen molar-refractivity contribution in [1.29, 1.82) is 0 Å². The highest BCUT2D eigenvalue weighted by Crippen LogP contribution is 2.10. The molecule has 0 bridgehead atoms. The summed E-state index contributed by atoms with van der Waals surface area (Å²) in [6.45, 7) is 1.78. The van der Waals surface area contributed by atoms with Crippen LogP contribution in [0.25, 0.3) is 10.3 Å². The number of aromatic amines is 1. The number of hydrogen-bond acceptors (Lipinski definition) is 3. The van der Waals surface area contributed by atoms with Gasteiger partial charge in [-0.1, -0.05) is 0 Å². The lowest BCUT2D eigenvalue weighted by Crippen LogP contribution is -2.05. The number of rotatable bonds is 0. The van der Waals surface area contributed by atoms with Crippen molar-refractivity contribution in [2.75, 3.05) is 0 Å². The molecule has 56 valence electrons. The Morgan fingerprint density at radius 2 is 2.45 bits per heavy atom. The SMILES string of the molecule is Cc1c[nH]c2scnc2c1=O. The van der Waals surface area contributed by atoms with Crippen LogP contribution in [-0.4, -0.2) is 9.97 Å². The zero-order valence-corrected chi connectivity index (χ0v) is 6.73. The molecule has 1 N–H and O–H groups in total. The second kappa shape index (κ2) is 2.17. The van der Waals surface area contributed by atoms with Crippen molar-refractivity contribution in [3.05, 3.63) is 27.5 Å². The van der Waals surface area contributed by atoms with Crippen LogP contribution in [0.15, 0.2) is 16.5 Å². The molecule has 0 aliphatic rings. The maximum Gasteiger partial charge on any atom is 0.211 e. The van der Waals surface area contributed by atoms with E-state index in [9.17, 15) is 4.79 Å². The average Bonchev–Trinajstić information content (AvgIpc) is 2.45. The van der Waals surface area contributed by atoms with E-state index in [0.29, 0.717) is 11.1 Å². The molecule has 0 atom stereocenters. The Bertz CT molecular complexity index is 443. The Morgan fingerprint density at radius 1 is 1.64 bits per heavy atom. The predicted octanol–water partition coefficient (Wildman–Crippen LogP) is 1.29. The molecule has 0 unspecified atom stereocenters. The third-order valence-electron chi connectivity index (χ3n) is 1.56. The fraction of sp³-hybridized carbons (Fsp3) is 0.143. The van der Waals surface area contributed by atoms with Crippen LogP contribution in [0.1, 0.15) is 5.56 Å². The maximum atomic E-state index is 11.3. The highest BCUT2D eigenvalue weighted by Gasteiger charge is 2.02. The number of thiazole rings is 1. The van der Waals surface area contributed by atoms with Crippen LogP contribution >= 0.6 is 11.3 Å². The van der Waals surface area contributed by atoms with Crippen LogP contribution in [0.4, 0.5) is 0 Å². The third-order valence-corrected chi connectivity index (χ3v) is 2.32. The van der Waals surface area contributed by atoms with Gasteiger partial charge < -0.3 is 4.98 Å². The van der Waals surface area contributed by atoms with Gasteiger partial charge in [0.1, 0.15) is 10.3 Å². The summed E-state index contributed by atoms with van der Waals surface area (Å²) in [7, 11) is 0. The van der Waals surface area contributed by atoms with E-state index in [1.807, 2.05) is 0 Å². The van der Waals surface area contributed by atoms with E-state index in [-0.39, 0.29) is 5.43 Å². The number of aryl methyl sites for hydroxylation is 1. The van der Waals surface area contributed by atoms with Crippen molar-refractivity contribution in [3.8, 4) is 0 Å². The van der Waals surface area contributed by atoms with Gasteiger partial charge >= 0.3 is 0 Å². The number of nitrogens with zero attached hydrogens (tertiary/aromatic N) is 1. The minimum Gasteiger partial charge on any atom is -0.351 e. The first kappa shape index (κ1) is 6.54. The summed E-state index contributed by atoms with van der Waals surface area (Å²) in [5.41, 5.74) is 2.96. The molecule has 0 aliphatic heterocycles. The molecule has 0 radical (unpaired) electrons. The Kier molecular flexibility index (Phi) is 1.29. The Hall–Kier alpha value is -1.16.